The second kappa shape index (κ2) is 7.51. The van der Waals surface area contributed by atoms with Gasteiger partial charge in [0.2, 0.25) is 5.91 Å². The molecule has 1 aliphatic carbocycles. The molecule has 1 aromatic heterocycles. The molecular formula is C22H27N5O. The number of carbonyl (C=O) groups is 1. The Bertz CT molecular complexity index is 851. The van der Waals surface area contributed by atoms with Crippen LogP contribution in [-0.4, -0.2) is 51.4 Å². The summed E-state index contributed by atoms with van der Waals surface area (Å²) in [5.41, 5.74) is 3.57. The average molecular weight is 377 g/mol. The lowest BCUT2D eigenvalue weighted by Gasteiger charge is -2.29. The van der Waals surface area contributed by atoms with Gasteiger partial charge < -0.3 is 10.2 Å². The summed E-state index contributed by atoms with van der Waals surface area (Å²) < 4.78 is 0. The number of nitrogens with one attached hydrogen (secondary N) is 1. The fourth-order valence-electron chi connectivity index (χ4n) is 4.38. The standard InChI is InChI=1S/C22H27N5O/c28-22(17-6-7-17)27-11-9-19-20(14-27)23-15-24-21(19)25-18-8-10-26(13-18)12-16-4-2-1-3-5-16/h1-5,15,17-18H,6-14H2,(H,23,24,25). The maximum atomic E-state index is 12.4. The summed E-state index contributed by atoms with van der Waals surface area (Å²) in [5, 5.41) is 3.67. The van der Waals surface area contributed by atoms with Crippen molar-refractivity contribution in [1.29, 1.82) is 0 Å². The summed E-state index contributed by atoms with van der Waals surface area (Å²) in [5.74, 6) is 1.55. The first-order valence-corrected chi connectivity index (χ1v) is 10.4. The molecule has 28 heavy (non-hydrogen) atoms. The minimum atomic E-state index is 0.273. The van der Waals surface area contributed by atoms with Gasteiger partial charge in [0, 0.05) is 43.7 Å². The van der Waals surface area contributed by atoms with E-state index >= 15 is 0 Å². The number of likely N-dealkylation sites (tertiary alicyclic amines) is 1. The predicted molar refractivity (Wildman–Crippen MR) is 108 cm³/mol. The molecule has 1 saturated heterocycles. The zero-order valence-electron chi connectivity index (χ0n) is 16.2. The van der Waals surface area contributed by atoms with Gasteiger partial charge in [0.15, 0.2) is 0 Å². The van der Waals surface area contributed by atoms with E-state index in [9.17, 15) is 4.79 Å². The Kier molecular flexibility index (Phi) is 4.72. The maximum Gasteiger partial charge on any atom is 0.226 e. The fraction of sp³-hybridized carbons (Fsp3) is 0.500. The molecule has 0 spiro atoms. The summed E-state index contributed by atoms with van der Waals surface area (Å²) in [4.78, 5) is 25.9. The fourth-order valence-corrected chi connectivity index (χ4v) is 4.38. The molecule has 1 aromatic carbocycles. The number of carbonyl (C=O) groups excluding carboxylic acids is 1. The smallest absolute Gasteiger partial charge is 0.226 e. The van der Waals surface area contributed by atoms with Gasteiger partial charge in [-0.15, -0.1) is 0 Å². The highest BCUT2D eigenvalue weighted by Crippen LogP contribution is 2.33. The molecule has 1 saturated carbocycles. The molecule has 1 amide bonds. The van der Waals surface area contributed by atoms with Crippen LogP contribution >= 0.6 is 0 Å². The third-order valence-corrected chi connectivity index (χ3v) is 6.11. The molecule has 3 heterocycles. The van der Waals surface area contributed by atoms with Gasteiger partial charge in [-0.3, -0.25) is 9.69 Å². The van der Waals surface area contributed by atoms with E-state index < -0.39 is 0 Å². The van der Waals surface area contributed by atoms with Crippen LogP contribution in [0.15, 0.2) is 36.7 Å². The summed E-state index contributed by atoms with van der Waals surface area (Å²) >= 11 is 0. The Morgan fingerprint density at radius 1 is 1.11 bits per heavy atom. The van der Waals surface area contributed by atoms with E-state index in [-0.39, 0.29) is 5.92 Å². The van der Waals surface area contributed by atoms with Gasteiger partial charge in [0.25, 0.3) is 0 Å². The second-order valence-electron chi connectivity index (χ2n) is 8.28. The zero-order chi connectivity index (χ0) is 18.9. The molecule has 2 fully saturated rings. The molecule has 2 aromatic rings. The molecule has 0 radical (unpaired) electrons. The summed E-state index contributed by atoms with van der Waals surface area (Å²) in [6, 6.07) is 11.1. The van der Waals surface area contributed by atoms with E-state index in [4.69, 9.17) is 0 Å². The lowest BCUT2D eigenvalue weighted by atomic mass is 10.0. The number of aromatic nitrogens is 2. The van der Waals surface area contributed by atoms with Crippen molar-refractivity contribution in [2.75, 3.05) is 25.0 Å². The van der Waals surface area contributed by atoms with Crippen molar-refractivity contribution in [3.05, 3.63) is 53.5 Å². The van der Waals surface area contributed by atoms with Gasteiger partial charge in [-0.25, -0.2) is 9.97 Å². The molecular weight excluding hydrogens is 350 g/mol. The normalized spacial score (nSPS) is 22.1. The third-order valence-electron chi connectivity index (χ3n) is 6.11. The molecule has 146 valence electrons. The van der Waals surface area contributed by atoms with Crippen LogP contribution in [0, 0.1) is 5.92 Å². The van der Waals surface area contributed by atoms with E-state index in [0.29, 0.717) is 18.5 Å². The quantitative estimate of drug-likeness (QED) is 0.867. The molecule has 1 unspecified atom stereocenters. The van der Waals surface area contributed by atoms with Gasteiger partial charge >= 0.3 is 0 Å². The summed E-state index contributed by atoms with van der Waals surface area (Å²) in [6.45, 7) is 4.55. The second-order valence-corrected chi connectivity index (χ2v) is 8.28. The topological polar surface area (TPSA) is 61.4 Å². The number of amides is 1. The Morgan fingerprint density at radius 2 is 1.96 bits per heavy atom. The van der Waals surface area contributed by atoms with Gasteiger partial charge in [-0.1, -0.05) is 30.3 Å². The number of rotatable bonds is 5. The van der Waals surface area contributed by atoms with Crippen LogP contribution in [0.4, 0.5) is 5.82 Å². The van der Waals surface area contributed by atoms with Crippen LogP contribution < -0.4 is 5.32 Å². The van der Waals surface area contributed by atoms with E-state index in [2.05, 4.69) is 50.5 Å². The predicted octanol–water partition coefficient (Wildman–Crippen LogP) is 2.46. The largest absolute Gasteiger partial charge is 0.366 e. The minimum Gasteiger partial charge on any atom is -0.366 e. The monoisotopic (exact) mass is 377 g/mol. The molecule has 0 bridgehead atoms. The first kappa shape index (κ1) is 17.6. The van der Waals surface area contributed by atoms with Gasteiger partial charge in [0.1, 0.15) is 12.1 Å². The van der Waals surface area contributed by atoms with Gasteiger partial charge in [-0.05, 0) is 31.2 Å². The average Bonchev–Trinajstić information content (AvgIpc) is 3.49. The van der Waals surface area contributed by atoms with Gasteiger partial charge in [0.05, 0.1) is 12.2 Å². The molecule has 1 atom stereocenters. The van der Waals surface area contributed by atoms with Gasteiger partial charge in [-0.2, -0.15) is 0 Å². The van der Waals surface area contributed by atoms with Crippen LogP contribution in [0.5, 0.6) is 0 Å². The van der Waals surface area contributed by atoms with Crippen molar-refractivity contribution in [1.82, 2.24) is 19.8 Å². The Hall–Kier alpha value is -2.47. The van der Waals surface area contributed by atoms with E-state index in [0.717, 1.165) is 63.4 Å². The van der Waals surface area contributed by atoms with Crippen molar-refractivity contribution in [3.63, 3.8) is 0 Å². The Balaban J connectivity index is 1.22. The molecule has 1 N–H and O–H groups in total. The Morgan fingerprint density at radius 3 is 2.79 bits per heavy atom. The number of hydrogen-bond donors (Lipinski definition) is 1. The number of anilines is 1. The SMILES string of the molecule is O=C(C1CC1)N1CCc2c(ncnc2NC2CCN(Cc3ccccc3)C2)C1. The highest BCUT2D eigenvalue weighted by Gasteiger charge is 2.35. The van der Waals surface area contributed by atoms with Crippen molar-refractivity contribution in [2.45, 2.75) is 44.8 Å². The number of fused-ring (bicyclic) bond motifs is 1. The molecule has 6 nitrogen and oxygen atoms in total. The molecule has 3 aliphatic rings. The highest BCUT2D eigenvalue weighted by atomic mass is 16.2. The molecule has 6 heteroatoms. The van der Waals surface area contributed by atoms with Crippen molar-refractivity contribution in [2.24, 2.45) is 5.92 Å². The van der Waals surface area contributed by atoms with Crippen LogP contribution in [0.1, 0.15) is 36.1 Å². The first-order chi connectivity index (χ1) is 13.8. The van der Waals surface area contributed by atoms with E-state index in [1.807, 2.05) is 4.90 Å². The van der Waals surface area contributed by atoms with Crippen molar-refractivity contribution >= 4 is 11.7 Å². The molecule has 2 aliphatic heterocycles. The van der Waals surface area contributed by atoms with Crippen LogP contribution in [0.2, 0.25) is 0 Å². The number of hydrogen-bond acceptors (Lipinski definition) is 5. The lowest BCUT2D eigenvalue weighted by molar-refractivity contribution is -0.133. The third kappa shape index (κ3) is 3.74. The summed E-state index contributed by atoms with van der Waals surface area (Å²) in [6.07, 6.45) is 5.72. The maximum absolute atomic E-state index is 12.4. The lowest BCUT2D eigenvalue weighted by Crippen LogP contribution is -2.38. The Labute approximate surface area is 166 Å². The number of benzene rings is 1. The first-order valence-electron chi connectivity index (χ1n) is 10.4. The minimum absolute atomic E-state index is 0.273. The zero-order valence-corrected chi connectivity index (χ0v) is 16.2. The van der Waals surface area contributed by atoms with E-state index in [1.54, 1.807) is 6.33 Å². The van der Waals surface area contributed by atoms with Crippen LogP contribution in [0.3, 0.4) is 0 Å². The molecule has 5 rings (SSSR count). The highest BCUT2D eigenvalue weighted by molar-refractivity contribution is 5.81. The van der Waals surface area contributed by atoms with Crippen LogP contribution in [0.25, 0.3) is 0 Å². The summed E-state index contributed by atoms with van der Waals surface area (Å²) in [7, 11) is 0. The van der Waals surface area contributed by atoms with E-state index in [1.165, 1.54) is 11.1 Å². The number of nitrogens with zero attached hydrogens (tertiary/aromatic N) is 4. The van der Waals surface area contributed by atoms with Crippen molar-refractivity contribution in [3.8, 4) is 0 Å². The van der Waals surface area contributed by atoms with Crippen molar-refractivity contribution < 1.29 is 4.79 Å². The van der Waals surface area contributed by atoms with Crippen LogP contribution in [-0.2, 0) is 24.3 Å².